The second-order valence-electron chi connectivity index (χ2n) is 10.5. The summed E-state index contributed by atoms with van der Waals surface area (Å²) in [7, 11) is 0. The Bertz CT molecular complexity index is 1230. The summed E-state index contributed by atoms with van der Waals surface area (Å²) in [5, 5.41) is 8.70. The topological polar surface area (TPSA) is 116 Å². The second-order valence-corrected chi connectivity index (χ2v) is 10.5. The highest BCUT2D eigenvalue weighted by Crippen LogP contribution is 2.37. The van der Waals surface area contributed by atoms with Crippen molar-refractivity contribution in [1.29, 1.82) is 0 Å². The molecule has 1 aromatic heterocycles. The van der Waals surface area contributed by atoms with E-state index in [-0.39, 0.29) is 18.8 Å². The maximum Gasteiger partial charge on any atom is 0.314 e. The monoisotopic (exact) mass is 499 g/mol. The number of pyridine rings is 1. The van der Waals surface area contributed by atoms with Gasteiger partial charge in [-0.1, -0.05) is 43.3 Å². The molecule has 0 saturated carbocycles. The van der Waals surface area contributed by atoms with Crippen LogP contribution in [0.1, 0.15) is 53.2 Å². The van der Waals surface area contributed by atoms with E-state index in [2.05, 4.69) is 15.5 Å². The Morgan fingerprint density at radius 3 is 2.64 bits per heavy atom. The number of cyclic esters (lactones) is 1. The first kappa shape index (κ1) is 25.5. The maximum absolute atomic E-state index is 14.3. The van der Waals surface area contributed by atoms with Gasteiger partial charge in [0.05, 0.1) is 17.5 Å². The molecule has 9 nitrogen and oxygen atoms in total. The van der Waals surface area contributed by atoms with E-state index in [0.717, 1.165) is 10.8 Å². The van der Waals surface area contributed by atoms with Gasteiger partial charge in [0.25, 0.3) is 5.91 Å². The first-order valence-electron chi connectivity index (χ1n) is 11.8. The number of alkyl halides is 1. The van der Waals surface area contributed by atoms with Crippen molar-refractivity contribution in [3.8, 4) is 0 Å². The molecule has 1 amide bonds. The number of nitrogens with zero attached hydrogens (tertiary/aromatic N) is 2. The van der Waals surface area contributed by atoms with Crippen LogP contribution in [0.3, 0.4) is 0 Å². The van der Waals surface area contributed by atoms with Crippen LogP contribution in [-0.2, 0) is 28.7 Å². The molecule has 0 aliphatic carbocycles. The Morgan fingerprint density at radius 2 is 1.97 bits per heavy atom. The van der Waals surface area contributed by atoms with Crippen molar-refractivity contribution in [2.75, 3.05) is 6.67 Å². The summed E-state index contributed by atoms with van der Waals surface area (Å²) >= 11 is 0. The third-order valence-corrected chi connectivity index (χ3v) is 6.57. The normalized spacial score (nSPS) is 25.9. The Morgan fingerprint density at radius 1 is 1.25 bits per heavy atom. The Kier molecular flexibility index (Phi) is 6.49. The van der Waals surface area contributed by atoms with Gasteiger partial charge in [-0.3, -0.25) is 19.4 Å². The summed E-state index contributed by atoms with van der Waals surface area (Å²) in [6, 6.07) is 8.30. The molecule has 0 radical (unpaired) electrons. The predicted molar refractivity (Wildman–Crippen MR) is 128 cm³/mol. The molecule has 2 aliphatic rings. The van der Waals surface area contributed by atoms with Crippen molar-refractivity contribution >= 4 is 34.3 Å². The zero-order valence-corrected chi connectivity index (χ0v) is 21.0. The third kappa shape index (κ3) is 4.40. The molecule has 1 fully saturated rings. The highest BCUT2D eigenvalue weighted by Gasteiger charge is 2.58. The van der Waals surface area contributed by atoms with Gasteiger partial charge >= 0.3 is 17.7 Å². The van der Waals surface area contributed by atoms with Crippen molar-refractivity contribution in [2.24, 2.45) is 16.5 Å². The van der Waals surface area contributed by atoms with Crippen LogP contribution >= 0.6 is 0 Å². The molecule has 3 atom stereocenters. The van der Waals surface area contributed by atoms with Crippen LogP contribution in [0.2, 0.25) is 0 Å². The molecule has 192 valence electrons. The number of hydrogen-bond donors (Lipinski definition) is 1. The largest absolute Gasteiger partial charge is 0.417 e. The number of halogens is 1. The number of fused-ring (bicyclic) bond motifs is 1. The SMILES string of the molecule is CC(C)C1(C(=O)N[C@H]2CC(=O)O[C@@]2(CF)OC(=O)C(C)(C)C)CC(c2nccc3ccccc23)=NO1. The van der Waals surface area contributed by atoms with Crippen molar-refractivity contribution < 1.29 is 33.1 Å². The molecular formula is C26H30FN3O6. The minimum absolute atomic E-state index is 0.101. The first-order chi connectivity index (χ1) is 16.9. The smallest absolute Gasteiger partial charge is 0.314 e. The van der Waals surface area contributed by atoms with E-state index in [0.29, 0.717) is 11.4 Å². The third-order valence-electron chi connectivity index (χ3n) is 6.57. The van der Waals surface area contributed by atoms with E-state index in [1.807, 2.05) is 30.3 Å². The van der Waals surface area contributed by atoms with E-state index >= 15 is 0 Å². The van der Waals surface area contributed by atoms with Crippen molar-refractivity contribution in [3.63, 3.8) is 0 Å². The van der Waals surface area contributed by atoms with E-state index in [1.165, 1.54) is 0 Å². The van der Waals surface area contributed by atoms with Crippen molar-refractivity contribution in [2.45, 2.75) is 64.9 Å². The van der Waals surface area contributed by atoms with Gasteiger partial charge < -0.3 is 19.6 Å². The van der Waals surface area contributed by atoms with E-state index in [9.17, 15) is 18.8 Å². The fraction of sp³-hybridized carbons (Fsp3) is 0.500. The number of esters is 2. The van der Waals surface area contributed by atoms with Crippen LogP contribution in [0.5, 0.6) is 0 Å². The standard InChI is InChI=1S/C26H30FN3O6/c1-15(2)25(13-18(30-36-25)21-17-9-7-6-8-16(17)10-11-28-21)22(32)29-19-12-20(31)34-26(19,14-27)35-23(33)24(3,4)5/h6-11,15,19H,12-14H2,1-5H3,(H,29,32)/t19-,25?,26-/m0/s1. The number of benzene rings is 1. The van der Waals surface area contributed by atoms with Gasteiger partial charge in [0.15, 0.2) is 6.67 Å². The number of ether oxygens (including phenoxy) is 2. The lowest BCUT2D eigenvalue weighted by molar-refractivity contribution is -0.231. The van der Waals surface area contributed by atoms with Crippen LogP contribution in [-0.4, -0.2) is 52.6 Å². The van der Waals surface area contributed by atoms with Gasteiger partial charge in [-0.05, 0) is 32.2 Å². The number of rotatable bonds is 6. The lowest BCUT2D eigenvalue weighted by Gasteiger charge is -2.35. The molecule has 1 unspecified atom stereocenters. The number of hydrogen-bond acceptors (Lipinski definition) is 8. The van der Waals surface area contributed by atoms with E-state index in [4.69, 9.17) is 14.3 Å². The minimum atomic E-state index is -2.26. The highest BCUT2D eigenvalue weighted by atomic mass is 19.1. The van der Waals surface area contributed by atoms with Crippen molar-refractivity contribution in [3.05, 3.63) is 42.2 Å². The fourth-order valence-corrected chi connectivity index (χ4v) is 4.24. The second kappa shape index (κ2) is 9.15. The van der Waals surface area contributed by atoms with Gasteiger partial charge in [-0.2, -0.15) is 0 Å². The summed E-state index contributed by atoms with van der Waals surface area (Å²) < 4.78 is 24.7. The fourth-order valence-electron chi connectivity index (χ4n) is 4.24. The van der Waals surface area contributed by atoms with Gasteiger partial charge in [0.2, 0.25) is 5.60 Å². The average molecular weight is 500 g/mol. The lowest BCUT2D eigenvalue weighted by atomic mass is 9.83. The number of carbonyl (C=O) groups is 3. The average Bonchev–Trinajstić information content (AvgIpc) is 3.41. The summed E-state index contributed by atoms with van der Waals surface area (Å²) in [6.07, 6.45) is 1.40. The molecule has 0 bridgehead atoms. The Labute approximate surface area is 208 Å². The van der Waals surface area contributed by atoms with Gasteiger partial charge in [-0.15, -0.1) is 0 Å². The zero-order valence-electron chi connectivity index (χ0n) is 21.0. The molecule has 1 aromatic carbocycles. The Balaban J connectivity index is 1.60. The predicted octanol–water partition coefficient (Wildman–Crippen LogP) is 3.44. The molecular weight excluding hydrogens is 469 g/mol. The van der Waals surface area contributed by atoms with Crippen molar-refractivity contribution in [1.82, 2.24) is 10.3 Å². The Hall–Kier alpha value is -3.56. The number of nitrogens with one attached hydrogen (secondary N) is 1. The van der Waals surface area contributed by atoms with Crippen LogP contribution in [0.15, 0.2) is 41.7 Å². The summed E-state index contributed by atoms with van der Waals surface area (Å²) in [5.74, 6) is -4.79. The quantitative estimate of drug-likeness (QED) is 0.605. The number of oxime groups is 1. The molecule has 2 aromatic rings. The minimum Gasteiger partial charge on any atom is -0.417 e. The number of aromatic nitrogens is 1. The van der Waals surface area contributed by atoms with Crippen LogP contribution in [0, 0.1) is 11.3 Å². The summed E-state index contributed by atoms with van der Waals surface area (Å²) in [6.45, 7) is 7.05. The highest BCUT2D eigenvalue weighted by molar-refractivity contribution is 6.11. The molecule has 1 saturated heterocycles. The molecule has 2 aliphatic heterocycles. The number of carbonyl (C=O) groups excluding carboxylic acids is 3. The number of amides is 1. The first-order valence-corrected chi connectivity index (χ1v) is 11.8. The van der Waals surface area contributed by atoms with Crippen LogP contribution in [0.4, 0.5) is 4.39 Å². The van der Waals surface area contributed by atoms with Gasteiger partial charge in [0.1, 0.15) is 11.8 Å². The van der Waals surface area contributed by atoms with Gasteiger partial charge in [-0.25, -0.2) is 4.39 Å². The van der Waals surface area contributed by atoms with Gasteiger partial charge in [0, 0.05) is 23.9 Å². The summed E-state index contributed by atoms with van der Waals surface area (Å²) in [5.41, 5.74) is -1.34. The molecule has 4 rings (SSSR count). The molecule has 3 heterocycles. The summed E-state index contributed by atoms with van der Waals surface area (Å²) in [4.78, 5) is 48.5. The van der Waals surface area contributed by atoms with E-state index in [1.54, 1.807) is 40.8 Å². The van der Waals surface area contributed by atoms with Crippen LogP contribution in [0.25, 0.3) is 10.8 Å². The zero-order chi connectivity index (χ0) is 26.3. The van der Waals surface area contributed by atoms with E-state index < -0.39 is 47.4 Å². The van der Waals surface area contributed by atoms with Crippen LogP contribution < -0.4 is 5.32 Å². The molecule has 36 heavy (non-hydrogen) atoms. The molecule has 0 spiro atoms. The molecule has 1 N–H and O–H groups in total. The lowest BCUT2D eigenvalue weighted by Crippen LogP contribution is -2.60. The molecule has 10 heteroatoms. The maximum atomic E-state index is 14.3.